The Bertz CT molecular complexity index is 1820. The molecule has 0 radical (unpaired) electrons. The Kier molecular flexibility index (Phi) is 18.2. The van der Waals surface area contributed by atoms with Crippen molar-refractivity contribution in [3.63, 3.8) is 0 Å². The third-order valence-corrected chi connectivity index (χ3v) is 14.6. The monoisotopic (exact) mass is 902 g/mol. The molecule has 5 rings (SSSR count). The number of rotatable bonds is 12. The molecule has 2 aromatic rings. The van der Waals surface area contributed by atoms with E-state index < -0.39 is 84.3 Å². The van der Waals surface area contributed by atoms with Crippen LogP contribution in [0.15, 0.2) is 42.5 Å². The van der Waals surface area contributed by atoms with Crippen LogP contribution in [0.3, 0.4) is 0 Å². The Morgan fingerprint density at radius 2 is 1.58 bits per heavy atom. The molecule has 362 valence electrons. The third-order valence-electron chi connectivity index (χ3n) is 14.6. The zero-order chi connectivity index (χ0) is 47.3. The number of carbonyl (C=O) groups excluding carboxylic acids is 2. The lowest BCUT2D eigenvalue weighted by atomic mass is 9.76. The van der Waals surface area contributed by atoms with Crippen LogP contribution in [0.5, 0.6) is 0 Å². The third kappa shape index (κ3) is 12.2. The summed E-state index contributed by atoms with van der Waals surface area (Å²) in [6.45, 7) is 15.5. The maximum absolute atomic E-state index is 14.7. The van der Waals surface area contributed by atoms with Gasteiger partial charge in [-0.05, 0) is 97.8 Å². The van der Waals surface area contributed by atoms with Crippen molar-refractivity contribution in [3.05, 3.63) is 48.0 Å². The van der Waals surface area contributed by atoms with Crippen molar-refractivity contribution >= 4 is 22.6 Å². The molecule has 0 bridgehead atoms. The van der Waals surface area contributed by atoms with E-state index in [4.69, 9.17) is 33.2 Å². The second kappa shape index (κ2) is 22.3. The molecule has 0 saturated carbocycles. The normalized spacial score (nSPS) is 39.9. The standard InChI is InChI=1S/C49H79N3O12/c1-28-25-49(8,59-13)45(64-47-42(55)38(51(9)10)23-29(2)60-47)30(3)43(63-40-26-48(7,58-12)44(56)33(6)61-40)31(4)46(57)62-36(27-52(11)32(5)41(28)54)21-22-50-39(53)24-35-19-16-18-34-17-14-15-20-37(34)35/h14-20,28-33,36,38,40-45,47,54-56H,21-27H2,1-13H3,(H,50,53)/t28-,29-,30+,31-,32+,33+,36-,38+,40?,41+,42-,43+,44+,45-,47+,48-,49-/m1/s1. The maximum atomic E-state index is 14.7. The van der Waals surface area contributed by atoms with Gasteiger partial charge in [-0.2, -0.15) is 0 Å². The van der Waals surface area contributed by atoms with Crippen LogP contribution >= 0.6 is 0 Å². The second-order valence-corrected chi connectivity index (χ2v) is 19.7. The van der Waals surface area contributed by atoms with Gasteiger partial charge in [0.2, 0.25) is 5.91 Å². The van der Waals surface area contributed by atoms with Crippen molar-refractivity contribution in [1.82, 2.24) is 15.1 Å². The number of likely N-dealkylation sites (N-methyl/N-ethyl adjacent to an activating group) is 2. The summed E-state index contributed by atoms with van der Waals surface area (Å²) in [5, 5.41) is 40.0. The summed E-state index contributed by atoms with van der Waals surface area (Å²) >= 11 is 0. The average molecular weight is 902 g/mol. The highest BCUT2D eigenvalue weighted by molar-refractivity contribution is 5.90. The number of fused-ring (bicyclic) bond motifs is 1. The van der Waals surface area contributed by atoms with E-state index in [1.54, 1.807) is 27.9 Å². The van der Waals surface area contributed by atoms with Crippen LogP contribution in [-0.4, -0.2) is 170 Å². The number of ether oxygens (including phenoxy) is 7. The summed E-state index contributed by atoms with van der Waals surface area (Å²) < 4.78 is 45.1. The number of aliphatic hydroxyl groups is 3. The van der Waals surface area contributed by atoms with E-state index in [9.17, 15) is 24.9 Å². The molecule has 2 aromatic carbocycles. The summed E-state index contributed by atoms with van der Waals surface area (Å²) in [6.07, 6.45) is -6.59. The van der Waals surface area contributed by atoms with Gasteiger partial charge in [0.05, 0.1) is 54.1 Å². The van der Waals surface area contributed by atoms with Crippen LogP contribution in [0.25, 0.3) is 10.8 Å². The number of aliphatic hydroxyl groups excluding tert-OH is 3. The Balaban J connectivity index is 1.49. The molecule has 0 aromatic heterocycles. The van der Waals surface area contributed by atoms with Crippen LogP contribution in [0, 0.1) is 17.8 Å². The van der Waals surface area contributed by atoms with Gasteiger partial charge in [-0.15, -0.1) is 0 Å². The molecule has 0 spiro atoms. The van der Waals surface area contributed by atoms with Crippen molar-refractivity contribution in [1.29, 1.82) is 0 Å². The molecule has 15 nitrogen and oxygen atoms in total. The molecule has 17 atom stereocenters. The zero-order valence-corrected chi connectivity index (χ0v) is 40.6. The molecule has 3 heterocycles. The first-order valence-corrected chi connectivity index (χ1v) is 23.2. The molecule has 0 aliphatic carbocycles. The van der Waals surface area contributed by atoms with Gasteiger partial charge in [0.25, 0.3) is 0 Å². The predicted octanol–water partition coefficient (Wildman–Crippen LogP) is 4.30. The molecule has 15 heteroatoms. The van der Waals surface area contributed by atoms with Crippen molar-refractivity contribution in [2.45, 2.75) is 172 Å². The lowest BCUT2D eigenvalue weighted by molar-refractivity contribution is -0.319. The van der Waals surface area contributed by atoms with Gasteiger partial charge in [0.1, 0.15) is 18.3 Å². The van der Waals surface area contributed by atoms with Gasteiger partial charge in [0, 0.05) is 58.2 Å². The minimum absolute atomic E-state index is 0.148. The number of hydrogen-bond donors (Lipinski definition) is 4. The van der Waals surface area contributed by atoms with Crippen molar-refractivity contribution in [3.8, 4) is 0 Å². The number of cyclic esters (lactones) is 1. The number of carbonyl (C=O) groups is 2. The van der Waals surface area contributed by atoms with E-state index in [-0.39, 0.29) is 55.9 Å². The lowest BCUT2D eigenvalue weighted by Gasteiger charge is -2.50. The van der Waals surface area contributed by atoms with Crippen LogP contribution in [0.2, 0.25) is 0 Å². The van der Waals surface area contributed by atoms with E-state index in [0.29, 0.717) is 19.3 Å². The van der Waals surface area contributed by atoms with Gasteiger partial charge in [-0.1, -0.05) is 56.3 Å². The smallest absolute Gasteiger partial charge is 0.311 e. The molecule has 3 saturated heterocycles. The zero-order valence-electron chi connectivity index (χ0n) is 40.6. The number of nitrogens with zero attached hydrogens (tertiary/aromatic N) is 2. The Morgan fingerprint density at radius 3 is 2.25 bits per heavy atom. The van der Waals surface area contributed by atoms with E-state index >= 15 is 0 Å². The number of amides is 1. The first kappa shape index (κ1) is 52.2. The summed E-state index contributed by atoms with van der Waals surface area (Å²) in [5.41, 5.74) is -1.21. The van der Waals surface area contributed by atoms with Crippen LogP contribution in [0.4, 0.5) is 0 Å². The average Bonchev–Trinajstić information content (AvgIpc) is 3.25. The van der Waals surface area contributed by atoms with Crippen LogP contribution in [0.1, 0.15) is 86.6 Å². The van der Waals surface area contributed by atoms with E-state index in [0.717, 1.165) is 16.3 Å². The highest BCUT2D eigenvalue weighted by Crippen LogP contribution is 2.41. The van der Waals surface area contributed by atoms with Crippen LogP contribution < -0.4 is 5.32 Å². The molecule has 3 fully saturated rings. The van der Waals surface area contributed by atoms with E-state index in [1.807, 2.05) is 108 Å². The van der Waals surface area contributed by atoms with Crippen molar-refractivity contribution < 1.29 is 58.1 Å². The SMILES string of the molecule is CO[C@]1(C)C[C@@H](C)[C@H](O)[C@H](C)N(C)C[C@@H](CCNC(=O)Cc2cccc3ccccc23)OC(=O)[C@H](C)[C@@H](OC2C[C@@](C)(OC)[C@@H](O)[C@H](C)O2)[C@H](C)[C@H]1O[C@@H]1O[C@H](C)C[C@H](N(C)C)[C@H]1O. The van der Waals surface area contributed by atoms with Gasteiger partial charge < -0.3 is 58.7 Å². The minimum Gasteiger partial charge on any atom is -0.461 e. The molecular weight excluding hydrogens is 823 g/mol. The molecule has 3 aliphatic rings. The number of benzene rings is 2. The fourth-order valence-corrected chi connectivity index (χ4v) is 10.2. The number of hydrogen-bond acceptors (Lipinski definition) is 14. The predicted molar refractivity (Wildman–Crippen MR) is 243 cm³/mol. The highest BCUT2D eigenvalue weighted by atomic mass is 16.7. The molecule has 1 unspecified atom stereocenters. The first-order valence-electron chi connectivity index (χ1n) is 23.2. The topological polar surface area (TPSA) is 178 Å². The quantitative estimate of drug-likeness (QED) is 0.222. The number of esters is 1. The Morgan fingerprint density at radius 1 is 0.906 bits per heavy atom. The van der Waals surface area contributed by atoms with E-state index in [1.165, 1.54) is 7.11 Å². The molecule has 3 aliphatic heterocycles. The Hall–Kier alpha value is -2.80. The van der Waals surface area contributed by atoms with Gasteiger partial charge >= 0.3 is 5.97 Å². The number of methoxy groups -OCH3 is 2. The summed E-state index contributed by atoms with van der Waals surface area (Å²) in [7, 11) is 8.84. The van der Waals surface area contributed by atoms with Crippen molar-refractivity contribution in [2.75, 3.05) is 48.5 Å². The fourth-order valence-electron chi connectivity index (χ4n) is 10.2. The van der Waals surface area contributed by atoms with Gasteiger partial charge in [-0.25, -0.2) is 0 Å². The van der Waals surface area contributed by atoms with Gasteiger partial charge in [-0.3, -0.25) is 14.5 Å². The van der Waals surface area contributed by atoms with Crippen molar-refractivity contribution in [2.24, 2.45) is 17.8 Å². The first-order chi connectivity index (χ1) is 30.1. The Labute approximate surface area is 381 Å². The van der Waals surface area contributed by atoms with Gasteiger partial charge in [0.15, 0.2) is 12.6 Å². The molecular formula is C49H79N3O12. The number of nitrogens with one attached hydrogen (secondary N) is 1. The van der Waals surface area contributed by atoms with E-state index in [2.05, 4.69) is 5.32 Å². The van der Waals surface area contributed by atoms with Crippen LogP contribution in [-0.2, 0) is 49.2 Å². The molecule has 4 N–H and O–H groups in total. The summed E-state index contributed by atoms with van der Waals surface area (Å²) in [5.74, 6) is -2.58. The largest absolute Gasteiger partial charge is 0.461 e. The summed E-state index contributed by atoms with van der Waals surface area (Å²) in [6, 6.07) is 13.3. The molecule has 1 amide bonds. The maximum Gasteiger partial charge on any atom is 0.311 e. The highest BCUT2D eigenvalue weighted by Gasteiger charge is 2.52. The fraction of sp³-hybridized carbons (Fsp3) is 0.755. The second-order valence-electron chi connectivity index (χ2n) is 19.7. The summed E-state index contributed by atoms with van der Waals surface area (Å²) in [4.78, 5) is 32.0. The molecule has 64 heavy (non-hydrogen) atoms. The minimum atomic E-state index is -1.12. The lowest BCUT2D eigenvalue weighted by Crippen LogP contribution is -2.61.